The quantitative estimate of drug-likeness (QED) is 0.512. The van der Waals surface area contributed by atoms with Gasteiger partial charge in [0.05, 0.1) is 25.4 Å². The van der Waals surface area contributed by atoms with Gasteiger partial charge in [0.1, 0.15) is 11.5 Å². The van der Waals surface area contributed by atoms with E-state index in [1.807, 2.05) is 32.0 Å². The fourth-order valence-electron chi connectivity index (χ4n) is 1.71. The first-order valence-electron chi connectivity index (χ1n) is 7.46. The largest absolute Gasteiger partial charge is 0.493 e. The minimum Gasteiger partial charge on any atom is -0.493 e. The van der Waals surface area contributed by atoms with Crippen molar-refractivity contribution in [2.45, 2.75) is 33.6 Å². The highest BCUT2D eigenvalue weighted by molar-refractivity contribution is 5.88. The van der Waals surface area contributed by atoms with Gasteiger partial charge < -0.3 is 14.2 Å². The molecule has 0 aliphatic carbocycles. The molecule has 4 nitrogen and oxygen atoms in total. The fraction of sp³-hybridized carbons (Fsp3) is 0.471. The molecule has 0 atom stereocenters. The monoisotopic (exact) mass is 292 g/mol. The van der Waals surface area contributed by atoms with Gasteiger partial charge in [-0.05, 0) is 38.0 Å². The Hall–Kier alpha value is -1.97. The normalized spacial score (nSPS) is 10.6. The van der Waals surface area contributed by atoms with E-state index in [4.69, 9.17) is 14.2 Å². The molecule has 0 aliphatic heterocycles. The van der Waals surface area contributed by atoms with Crippen molar-refractivity contribution in [3.05, 3.63) is 29.8 Å². The summed E-state index contributed by atoms with van der Waals surface area (Å²) in [5.74, 6) is 1.06. The number of hydrogen-bond donors (Lipinski definition) is 0. The Morgan fingerprint density at radius 2 is 1.62 bits per heavy atom. The Balaban J connectivity index is 2.99. The van der Waals surface area contributed by atoms with E-state index < -0.39 is 0 Å². The van der Waals surface area contributed by atoms with Crippen LogP contribution in [0.3, 0.4) is 0 Å². The fourth-order valence-corrected chi connectivity index (χ4v) is 1.71. The van der Waals surface area contributed by atoms with Crippen LogP contribution < -0.4 is 9.47 Å². The maximum absolute atomic E-state index is 11.5. The lowest BCUT2D eigenvalue weighted by Gasteiger charge is -2.13. The molecule has 0 aliphatic rings. The SMILES string of the molecule is CCCOc1cccc(OCCC)c1C=CC(=O)OCC. The molecule has 0 saturated heterocycles. The summed E-state index contributed by atoms with van der Waals surface area (Å²) in [6.07, 6.45) is 4.92. The highest BCUT2D eigenvalue weighted by Crippen LogP contribution is 2.30. The number of hydrogen-bond acceptors (Lipinski definition) is 4. The third-order valence-electron chi connectivity index (χ3n) is 2.62. The summed E-state index contributed by atoms with van der Waals surface area (Å²) in [6, 6.07) is 5.64. The summed E-state index contributed by atoms with van der Waals surface area (Å²) in [5.41, 5.74) is 0.771. The molecule has 0 heterocycles. The zero-order chi connectivity index (χ0) is 15.5. The average Bonchev–Trinajstić information content (AvgIpc) is 2.49. The van der Waals surface area contributed by atoms with Gasteiger partial charge in [0, 0.05) is 6.08 Å². The molecule has 1 aromatic carbocycles. The van der Waals surface area contributed by atoms with Crippen LogP contribution in [0.4, 0.5) is 0 Å². The molecule has 0 fully saturated rings. The van der Waals surface area contributed by atoms with E-state index in [2.05, 4.69) is 0 Å². The summed E-state index contributed by atoms with van der Waals surface area (Å²) in [6.45, 7) is 7.47. The van der Waals surface area contributed by atoms with E-state index in [9.17, 15) is 4.79 Å². The molecule has 1 aromatic rings. The van der Waals surface area contributed by atoms with Crippen LogP contribution in [0.15, 0.2) is 24.3 Å². The second-order valence-corrected chi connectivity index (χ2v) is 4.45. The van der Waals surface area contributed by atoms with Crippen LogP contribution in [0, 0.1) is 0 Å². The highest BCUT2D eigenvalue weighted by atomic mass is 16.5. The first-order valence-corrected chi connectivity index (χ1v) is 7.46. The second-order valence-electron chi connectivity index (χ2n) is 4.45. The first kappa shape index (κ1) is 17.1. The van der Waals surface area contributed by atoms with Gasteiger partial charge in [-0.25, -0.2) is 4.79 Å². The molecule has 116 valence electrons. The molecule has 0 aromatic heterocycles. The molecule has 0 spiro atoms. The van der Waals surface area contributed by atoms with Crippen molar-refractivity contribution < 1.29 is 19.0 Å². The Morgan fingerprint density at radius 3 is 2.10 bits per heavy atom. The second kappa shape index (κ2) is 9.86. The molecular formula is C17H24O4. The standard InChI is InChI=1S/C17H24O4/c1-4-12-20-15-8-7-9-16(21-13-5-2)14(15)10-11-17(18)19-6-3/h7-11H,4-6,12-13H2,1-3H3. The van der Waals surface area contributed by atoms with E-state index in [0.717, 1.165) is 18.4 Å². The van der Waals surface area contributed by atoms with Crippen molar-refractivity contribution >= 4 is 12.0 Å². The van der Waals surface area contributed by atoms with Crippen LogP contribution in [0.2, 0.25) is 0 Å². The van der Waals surface area contributed by atoms with Gasteiger partial charge in [-0.15, -0.1) is 0 Å². The third-order valence-corrected chi connectivity index (χ3v) is 2.62. The predicted molar refractivity (Wildman–Crippen MR) is 83.7 cm³/mol. The Labute approximate surface area is 126 Å². The van der Waals surface area contributed by atoms with Crippen molar-refractivity contribution in [1.29, 1.82) is 0 Å². The molecule has 0 saturated carbocycles. The third kappa shape index (κ3) is 5.90. The summed E-state index contributed by atoms with van der Waals surface area (Å²) >= 11 is 0. The zero-order valence-electron chi connectivity index (χ0n) is 13.1. The molecular weight excluding hydrogens is 268 g/mol. The highest BCUT2D eigenvalue weighted by Gasteiger charge is 2.09. The molecule has 21 heavy (non-hydrogen) atoms. The maximum Gasteiger partial charge on any atom is 0.330 e. The van der Waals surface area contributed by atoms with Crippen molar-refractivity contribution in [1.82, 2.24) is 0 Å². The van der Waals surface area contributed by atoms with Crippen LogP contribution in [-0.2, 0) is 9.53 Å². The van der Waals surface area contributed by atoms with Gasteiger partial charge in [-0.3, -0.25) is 0 Å². The lowest BCUT2D eigenvalue weighted by Crippen LogP contribution is -2.02. The predicted octanol–water partition coefficient (Wildman–Crippen LogP) is 3.84. The summed E-state index contributed by atoms with van der Waals surface area (Å²) in [4.78, 5) is 11.5. The number of rotatable bonds is 9. The lowest BCUT2D eigenvalue weighted by atomic mass is 10.1. The minimum absolute atomic E-state index is 0.357. The Kier molecular flexibility index (Phi) is 8.02. The zero-order valence-corrected chi connectivity index (χ0v) is 13.1. The van der Waals surface area contributed by atoms with Crippen molar-refractivity contribution in [3.8, 4) is 11.5 Å². The van der Waals surface area contributed by atoms with Gasteiger partial charge in [0.25, 0.3) is 0 Å². The van der Waals surface area contributed by atoms with Gasteiger partial charge in [-0.1, -0.05) is 19.9 Å². The maximum atomic E-state index is 11.5. The summed E-state index contributed by atoms with van der Waals surface area (Å²) in [5, 5.41) is 0. The van der Waals surface area contributed by atoms with Crippen molar-refractivity contribution in [2.75, 3.05) is 19.8 Å². The van der Waals surface area contributed by atoms with Gasteiger partial charge in [0.15, 0.2) is 0 Å². The number of esters is 1. The number of benzene rings is 1. The van der Waals surface area contributed by atoms with Crippen LogP contribution in [0.1, 0.15) is 39.2 Å². The van der Waals surface area contributed by atoms with E-state index >= 15 is 0 Å². The van der Waals surface area contributed by atoms with E-state index in [-0.39, 0.29) is 5.97 Å². The van der Waals surface area contributed by atoms with E-state index in [1.165, 1.54) is 6.08 Å². The van der Waals surface area contributed by atoms with E-state index in [0.29, 0.717) is 31.3 Å². The average molecular weight is 292 g/mol. The van der Waals surface area contributed by atoms with Crippen LogP contribution in [0.5, 0.6) is 11.5 Å². The van der Waals surface area contributed by atoms with Gasteiger partial charge >= 0.3 is 5.97 Å². The number of carbonyl (C=O) groups excluding carboxylic acids is 1. The summed E-state index contributed by atoms with van der Waals surface area (Å²) in [7, 11) is 0. The molecule has 4 heteroatoms. The molecule has 0 unspecified atom stereocenters. The van der Waals surface area contributed by atoms with Crippen molar-refractivity contribution in [3.63, 3.8) is 0 Å². The molecule has 0 bridgehead atoms. The molecule has 0 N–H and O–H groups in total. The smallest absolute Gasteiger partial charge is 0.330 e. The Bertz CT molecular complexity index is 440. The molecule has 0 amide bonds. The molecule has 1 rings (SSSR count). The van der Waals surface area contributed by atoms with Crippen LogP contribution in [0.25, 0.3) is 6.08 Å². The van der Waals surface area contributed by atoms with Crippen molar-refractivity contribution in [2.24, 2.45) is 0 Å². The van der Waals surface area contributed by atoms with Gasteiger partial charge in [0.2, 0.25) is 0 Å². The van der Waals surface area contributed by atoms with Gasteiger partial charge in [-0.2, -0.15) is 0 Å². The Morgan fingerprint density at radius 1 is 1.05 bits per heavy atom. The summed E-state index contributed by atoms with van der Waals surface area (Å²) < 4.78 is 16.3. The molecule has 0 radical (unpaired) electrons. The van der Waals surface area contributed by atoms with E-state index in [1.54, 1.807) is 13.0 Å². The number of ether oxygens (including phenoxy) is 3. The number of carbonyl (C=O) groups is 1. The van der Waals surface area contributed by atoms with Crippen LogP contribution >= 0.6 is 0 Å². The minimum atomic E-state index is -0.371. The first-order chi connectivity index (χ1) is 10.2. The lowest BCUT2D eigenvalue weighted by molar-refractivity contribution is -0.137. The topological polar surface area (TPSA) is 44.8 Å². The van der Waals surface area contributed by atoms with Crippen LogP contribution in [-0.4, -0.2) is 25.8 Å².